The Morgan fingerprint density at radius 1 is 1.31 bits per heavy atom. The smallest absolute Gasteiger partial charge is 0.408 e. The molecule has 0 heterocycles. The third kappa shape index (κ3) is 5.24. The zero-order chi connectivity index (χ0) is 11.6. The van der Waals surface area contributed by atoms with Crippen LogP contribution in [0.25, 0.3) is 0 Å². The number of ether oxygens (including phenoxy) is 1. The van der Waals surface area contributed by atoms with Crippen LogP contribution in [0.5, 0.6) is 0 Å². The Hall–Kier alpha value is -1.71. The topological polar surface area (TPSA) is 50.4 Å². The number of nitrogens with one attached hydrogen (secondary N) is 2. The van der Waals surface area contributed by atoms with Crippen LogP contribution in [0, 0.1) is 0 Å². The highest BCUT2D eigenvalue weighted by atomic mass is 16.5. The molecule has 0 unspecified atom stereocenters. The molecule has 1 rings (SSSR count). The van der Waals surface area contributed by atoms with Gasteiger partial charge in [-0.3, -0.25) is 0 Å². The maximum absolute atomic E-state index is 11.1. The van der Waals surface area contributed by atoms with Gasteiger partial charge >= 0.3 is 6.09 Å². The van der Waals surface area contributed by atoms with Gasteiger partial charge in [0.05, 0.1) is 13.3 Å². The Morgan fingerprint density at radius 2 is 2.06 bits per heavy atom. The maximum atomic E-state index is 11.1. The second-order valence-corrected chi connectivity index (χ2v) is 3.39. The summed E-state index contributed by atoms with van der Waals surface area (Å²) in [6.45, 7) is 2.90. The molecule has 0 aliphatic rings. The van der Waals surface area contributed by atoms with Gasteiger partial charge in [-0.05, 0) is 18.6 Å². The fourth-order valence-corrected chi connectivity index (χ4v) is 1.13. The molecule has 88 valence electrons. The van der Waals surface area contributed by atoms with E-state index in [1.165, 1.54) is 0 Å². The summed E-state index contributed by atoms with van der Waals surface area (Å²) < 4.78 is 4.93. The molecule has 16 heavy (non-hydrogen) atoms. The summed E-state index contributed by atoms with van der Waals surface area (Å²) in [5.41, 5.74) is 0.969. The van der Waals surface area contributed by atoms with Crippen molar-refractivity contribution in [3.8, 4) is 0 Å². The van der Waals surface area contributed by atoms with E-state index in [1.807, 2.05) is 30.3 Å². The lowest BCUT2D eigenvalue weighted by Crippen LogP contribution is -2.29. The monoisotopic (exact) mass is 222 g/mol. The minimum absolute atomic E-state index is 0.370. The summed E-state index contributed by atoms with van der Waals surface area (Å²) in [7, 11) is 0. The van der Waals surface area contributed by atoms with Crippen LogP contribution in [-0.2, 0) is 4.74 Å². The normalized spacial score (nSPS) is 9.56. The first-order chi connectivity index (χ1) is 7.83. The molecule has 0 aromatic heterocycles. The number of carbonyl (C=O) groups excluding carboxylic acids is 1. The van der Waals surface area contributed by atoms with Crippen LogP contribution in [0.4, 0.5) is 10.5 Å². The molecular weight excluding hydrogens is 204 g/mol. The van der Waals surface area contributed by atoms with Crippen LogP contribution in [0.1, 0.15) is 19.8 Å². The molecular formula is C12H18N2O2. The van der Waals surface area contributed by atoms with E-state index in [1.54, 1.807) is 0 Å². The fourth-order valence-electron chi connectivity index (χ4n) is 1.13. The zero-order valence-corrected chi connectivity index (χ0v) is 9.53. The second kappa shape index (κ2) is 7.56. The summed E-state index contributed by atoms with van der Waals surface area (Å²) in [6.07, 6.45) is 1.55. The average molecular weight is 222 g/mol. The van der Waals surface area contributed by atoms with Gasteiger partial charge in [0.2, 0.25) is 0 Å². The summed E-state index contributed by atoms with van der Waals surface area (Å²) in [4.78, 5) is 11.1. The fraction of sp³-hybridized carbons (Fsp3) is 0.417. The number of hydrogen-bond donors (Lipinski definition) is 2. The van der Waals surface area contributed by atoms with Gasteiger partial charge in [-0.1, -0.05) is 31.5 Å². The van der Waals surface area contributed by atoms with Gasteiger partial charge in [0.15, 0.2) is 0 Å². The molecule has 1 aromatic carbocycles. The molecule has 0 bridgehead atoms. The number of para-hydroxylation sites is 1. The summed E-state index contributed by atoms with van der Waals surface area (Å²) in [6, 6.07) is 9.68. The van der Waals surface area contributed by atoms with Crippen molar-refractivity contribution in [2.75, 3.05) is 18.6 Å². The van der Waals surface area contributed by atoms with E-state index >= 15 is 0 Å². The number of amides is 1. The molecule has 0 saturated heterocycles. The van der Waals surface area contributed by atoms with Crippen molar-refractivity contribution in [2.45, 2.75) is 19.8 Å². The Kier molecular flexibility index (Phi) is 5.84. The van der Waals surface area contributed by atoms with Crippen molar-refractivity contribution < 1.29 is 9.53 Å². The van der Waals surface area contributed by atoms with Crippen LogP contribution in [0.2, 0.25) is 0 Å². The molecule has 0 spiro atoms. The lowest BCUT2D eigenvalue weighted by Gasteiger charge is -2.08. The predicted molar refractivity (Wildman–Crippen MR) is 64.3 cm³/mol. The van der Waals surface area contributed by atoms with Crippen molar-refractivity contribution in [3.05, 3.63) is 30.3 Å². The highest BCUT2D eigenvalue weighted by Crippen LogP contribution is 2.02. The highest BCUT2D eigenvalue weighted by Gasteiger charge is 1.99. The second-order valence-electron chi connectivity index (χ2n) is 3.39. The molecule has 1 aromatic rings. The van der Waals surface area contributed by atoms with E-state index in [4.69, 9.17) is 4.74 Å². The van der Waals surface area contributed by atoms with Gasteiger partial charge in [0.25, 0.3) is 0 Å². The number of hydrogen-bond acceptors (Lipinski definition) is 3. The average Bonchev–Trinajstić information content (AvgIpc) is 2.31. The van der Waals surface area contributed by atoms with Crippen molar-refractivity contribution in [1.82, 2.24) is 5.32 Å². The minimum atomic E-state index is -0.378. The number of alkyl carbamates (subject to hydrolysis) is 1. The first-order valence-electron chi connectivity index (χ1n) is 5.52. The van der Waals surface area contributed by atoms with Crippen LogP contribution in [0.15, 0.2) is 30.3 Å². The SMILES string of the molecule is CCCCOC(=O)NCNc1ccccc1. The van der Waals surface area contributed by atoms with Gasteiger partial charge in [-0.15, -0.1) is 0 Å². The number of benzene rings is 1. The molecule has 0 aliphatic carbocycles. The van der Waals surface area contributed by atoms with Gasteiger partial charge < -0.3 is 15.4 Å². The van der Waals surface area contributed by atoms with E-state index in [9.17, 15) is 4.79 Å². The zero-order valence-electron chi connectivity index (χ0n) is 9.53. The molecule has 2 N–H and O–H groups in total. The molecule has 0 radical (unpaired) electrons. The highest BCUT2D eigenvalue weighted by molar-refractivity contribution is 5.67. The van der Waals surface area contributed by atoms with Crippen molar-refractivity contribution >= 4 is 11.8 Å². The molecule has 0 saturated carbocycles. The van der Waals surface area contributed by atoms with E-state index < -0.39 is 0 Å². The van der Waals surface area contributed by atoms with Crippen LogP contribution < -0.4 is 10.6 Å². The number of rotatable bonds is 6. The lowest BCUT2D eigenvalue weighted by atomic mass is 10.3. The van der Waals surface area contributed by atoms with Crippen molar-refractivity contribution in [3.63, 3.8) is 0 Å². The largest absolute Gasteiger partial charge is 0.450 e. The van der Waals surface area contributed by atoms with E-state index in [0.717, 1.165) is 18.5 Å². The first kappa shape index (κ1) is 12.4. The number of unbranched alkanes of at least 4 members (excludes halogenated alkanes) is 1. The molecule has 1 amide bonds. The minimum Gasteiger partial charge on any atom is -0.450 e. The van der Waals surface area contributed by atoms with Crippen molar-refractivity contribution in [1.29, 1.82) is 0 Å². The van der Waals surface area contributed by atoms with Crippen LogP contribution in [-0.4, -0.2) is 19.4 Å². The Labute approximate surface area is 96.0 Å². The maximum Gasteiger partial charge on any atom is 0.408 e. The van der Waals surface area contributed by atoms with E-state index in [0.29, 0.717) is 13.3 Å². The molecule has 0 aliphatic heterocycles. The van der Waals surface area contributed by atoms with Gasteiger partial charge in [-0.2, -0.15) is 0 Å². The predicted octanol–water partition coefficient (Wildman–Crippen LogP) is 2.58. The third-order valence-corrected chi connectivity index (χ3v) is 2.03. The molecule has 0 atom stereocenters. The first-order valence-corrected chi connectivity index (χ1v) is 5.52. The Morgan fingerprint density at radius 3 is 2.75 bits per heavy atom. The van der Waals surface area contributed by atoms with E-state index in [2.05, 4.69) is 17.6 Å². The molecule has 4 heteroatoms. The summed E-state index contributed by atoms with van der Waals surface area (Å²) in [5.74, 6) is 0. The van der Waals surface area contributed by atoms with Gasteiger partial charge in [0.1, 0.15) is 0 Å². The Balaban J connectivity index is 2.09. The third-order valence-electron chi connectivity index (χ3n) is 2.03. The molecule has 4 nitrogen and oxygen atoms in total. The number of anilines is 1. The van der Waals surface area contributed by atoms with Crippen molar-refractivity contribution in [2.24, 2.45) is 0 Å². The van der Waals surface area contributed by atoms with Gasteiger partial charge in [-0.25, -0.2) is 4.79 Å². The van der Waals surface area contributed by atoms with E-state index in [-0.39, 0.29) is 6.09 Å². The Bertz CT molecular complexity index is 301. The van der Waals surface area contributed by atoms with Crippen LogP contribution >= 0.6 is 0 Å². The lowest BCUT2D eigenvalue weighted by molar-refractivity contribution is 0.145. The van der Waals surface area contributed by atoms with Crippen LogP contribution in [0.3, 0.4) is 0 Å². The number of carbonyl (C=O) groups is 1. The quantitative estimate of drug-likeness (QED) is 0.574. The summed E-state index contributed by atoms with van der Waals surface area (Å²) >= 11 is 0. The summed E-state index contributed by atoms with van der Waals surface area (Å²) in [5, 5.41) is 5.67. The van der Waals surface area contributed by atoms with Gasteiger partial charge in [0, 0.05) is 5.69 Å². The standard InChI is InChI=1S/C12H18N2O2/c1-2-3-9-16-12(15)14-10-13-11-7-5-4-6-8-11/h4-8,13H,2-3,9-10H2,1H3,(H,14,15). The molecule has 0 fully saturated rings.